The van der Waals surface area contributed by atoms with Gasteiger partial charge in [-0.3, -0.25) is 5.10 Å². The Hall–Kier alpha value is -1.87. The Morgan fingerprint density at radius 2 is 2.26 bits per heavy atom. The number of anilines is 1. The Labute approximate surface area is 135 Å². The molecule has 23 heavy (non-hydrogen) atoms. The molecule has 128 valence electrons. The first kappa shape index (κ1) is 16.0. The molecule has 0 aromatic carbocycles. The lowest BCUT2D eigenvalue weighted by atomic mass is 10.0. The van der Waals surface area contributed by atoms with Crippen molar-refractivity contribution in [2.45, 2.75) is 38.1 Å². The van der Waals surface area contributed by atoms with Crippen LogP contribution < -0.4 is 10.2 Å². The van der Waals surface area contributed by atoms with Crippen molar-refractivity contribution >= 4 is 12.0 Å². The summed E-state index contributed by atoms with van der Waals surface area (Å²) in [5, 5.41) is 9.78. The average Bonchev–Trinajstić information content (AvgIpc) is 3.11. The second kappa shape index (κ2) is 5.97. The van der Waals surface area contributed by atoms with Gasteiger partial charge in [-0.2, -0.15) is 4.98 Å². The number of H-pyrrole nitrogens is 1. The predicted molar refractivity (Wildman–Crippen MR) is 83.2 cm³/mol. The molecule has 2 amide bonds. The minimum Gasteiger partial charge on any atom is -0.376 e. The van der Waals surface area contributed by atoms with E-state index >= 15 is 0 Å². The molecule has 2 aliphatic heterocycles. The van der Waals surface area contributed by atoms with Crippen molar-refractivity contribution in [3.63, 3.8) is 0 Å². The number of nitrogens with one attached hydrogen (secondary N) is 2. The summed E-state index contributed by atoms with van der Waals surface area (Å²) >= 11 is 0. The molecule has 1 aromatic rings. The largest absolute Gasteiger partial charge is 0.376 e. The van der Waals surface area contributed by atoms with Gasteiger partial charge in [0.25, 0.3) is 0 Å². The van der Waals surface area contributed by atoms with Crippen LogP contribution in [-0.4, -0.2) is 77.7 Å². The number of nitrogens with zero attached hydrogens (tertiary/aromatic N) is 4. The third-order valence-corrected chi connectivity index (χ3v) is 4.01. The van der Waals surface area contributed by atoms with Gasteiger partial charge in [-0.15, -0.1) is 5.10 Å². The van der Waals surface area contributed by atoms with E-state index in [9.17, 15) is 4.79 Å². The fourth-order valence-electron chi connectivity index (χ4n) is 2.95. The third-order valence-electron chi connectivity index (χ3n) is 4.01. The van der Waals surface area contributed by atoms with E-state index in [1.54, 1.807) is 4.90 Å². The maximum absolute atomic E-state index is 12.6. The van der Waals surface area contributed by atoms with E-state index in [2.05, 4.69) is 20.5 Å². The Balaban J connectivity index is 1.62. The van der Waals surface area contributed by atoms with Crippen LogP contribution in [0, 0.1) is 0 Å². The number of aromatic nitrogens is 3. The molecule has 0 aliphatic carbocycles. The van der Waals surface area contributed by atoms with Crippen LogP contribution in [0.15, 0.2) is 0 Å². The molecule has 2 atom stereocenters. The van der Waals surface area contributed by atoms with Gasteiger partial charge in [0, 0.05) is 14.1 Å². The molecule has 9 nitrogen and oxygen atoms in total. The molecular weight excluding hydrogens is 300 g/mol. The Morgan fingerprint density at radius 3 is 2.96 bits per heavy atom. The summed E-state index contributed by atoms with van der Waals surface area (Å²) in [6.07, 6.45) is -0.0601. The molecule has 3 heterocycles. The number of urea groups is 1. The van der Waals surface area contributed by atoms with Gasteiger partial charge in [-0.1, -0.05) is 0 Å². The van der Waals surface area contributed by atoms with Crippen LogP contribution in [0.3, 0.4) is 0 Å². The maximum atomic E-state index is 12.6. The molecular formula is C14H24N6O3. The van der Waals surface area contributed by atoms with E-state index in [0.717, 1.165) is 0 Å². The monoisotopic (exact) mass is 324 g/mol. The van der Waals surface area contributed by atoms with Gasteiger partial charge in [0.1, 0.15) is 11.9 Å². The number of rotatable bonds is 3. The molecule has 1 aromatic heterocycles. The van der Waals surface area contributed by atoms with Gasteiger partial charge in [-0.25, -0.2) is 4.79 Å². The molecule has 0 radical (unpaired) electrons. The number of carbonyl (C=O) groups excluding carboxylic acids is 1. The third kappa shape index (κ3) is 3.40. The predicted octanol–water partition coefficient (Wildman–Crippen LogP) is -0.0415. The molecule has 2 fully saturated rings. The molecule has 2 aliphatic rings. The van der Waals surface area contributed by atoms with Gasteiger partial charge >= 0.3 is 6.03 Å². The topological polar surface area (TPSA) is 95.6 Å². The van der Waals surface area contributed by atoms with E-state index in [-0.39, 0.29) is 23.8 Å². The van der Waals surface area contributed by atoms with Crippen molar-refractivity contribution in [3.8, 4) is 0 Å². The van der Waals surface area contributed by atoms with Crippen LogP contribution in [0.1, 0.15) is 19.7 Å². The van der Waals surface area contributed by atoms with Crippen LogP contribution in [-0.2, 0) is 16.0 Å². The molecule has 0 bridgehead atoms. The van der Waals surface area contributed by atoms with Crippen molar-refractivity contribution in [1.82, 2.24) is 25.4 Å². The number of morpholine rings is 1. The fourth-order valence-corrected chi connectivity index (χ4v) is 2.95. The van der Waals surface area contributed by atoms with Gasteiger partial charge in [-0.05, 0) is 13.8 Å². The Bertz CT molecular complexity index is 573. The maximum Gasteiger partial charge on any atom is 0.318 e. The van der Waals surface area contributed by atoms with E-state index in [1.807, 2.05) is 32.8 Å². The van der Waals surface area contributed by atoms with Crippen LogP contribution in [0.25, 0.3) is 0 Å². The Kier molecular flexibility index (Phi) is 4.15. The lowest BCUT2D eigenvalue weighted by Crippen LogP contribution is -2.61. The number of aromatic amines is 1. The summed E-state index contributed by atoms with van der Waals surface area (Å²) in [6.45, 7) is 5.86. The summed E-state index contributed by atoms with van der Waals surface area (Å²) in [6, 6.07) is -0.167. The van der Waals surface area contributed by atoms with Gasteiger partial charge in [0.05, 0.1) is 37.9 Å². The summed E-state index contributed by atoms with van der Waals surface area (Å²) in [5.41, 5.74) is -0.378. The quantitative estimate of drug-likeness (QED) is 0.810. The minimum atomic E-state index is -0.378. The summed E-state index contributed by atoms with van der Waals surface area (Å²) < 4.78 is 11.5. The number of ether oxygens (including phenoxy) is 2. The number of hydrogen-bond acceptors (Lipinski definition) is 6. The normalized spacial score (nSPS) is 26.0. The first-order valence-electron chi connectivity index (χ1n) is 7.74. The molecule has 0 unspecified atom stereocenters. The lowest BCUT2D eigenvalue weighted by molar-refractivity contribution is -0.136. The van der Waals surface area contributed by atoms with Crippen molar-refractivity contribution in [3.05, 3.63) is 5.82 Å². The lowest BCUT2D eigenvalue weighted by Gasteiger charge is -2.44. The zero-order chi connectivity index (χ0) is 16.6. The minimum absolute atomic E-state index is 0.0323. The zero-order valence-corrected chi connectivity index (χ0v) is 14.0. The summed E-state index contributed by atoms with van der Waals surface area (Å²) in [7, 11) is 3.73. The van der Waals surface area contributed by atoms with Crippen molar-refractivity contribution in [2.75, 3.05) is 38.8 Å². The molecule has 0 spiro atoms. The molecule has 0 saturated carbocycles. The highest BCUT2D eigenvalue weighted by molar-refractivity contribution is 5.75. The van der Waals surface area contributed by atoms with E-state index in [0.29, 0.717) is 38.1 Å². The second-order valence-electron chi connectivity index (χ2n) is 6.78. The van der Waals surface area contributed by atoms with Gasteiger partial charge in [0.2, 0.25) is 5.95 Å². The van der Waals surface area contributed by atoms with Gasteiger partial charge in [0.15, 0.2) is 0 Å². The van der Waals surface area contributed by atoms with E-state index in [4.69, 9.17) is 9.47 Å². The van der Waals surface area contributed by atoms with Crippen LogP contribution in [0.5, 0.6) is 0 Å². The zero-order valence-electron chi connectivity index (χ0n) is 14.0. The highest BCUT2D eigenvalue weighted by atomic mass is 16.6. The van der Waals surface area contributed by atoms with Crippen molar-refractivity contribution in [1.29, 1.82) is 0 Å². The number of fused-ring (bicyclic) bond motifs is 1. The highest BCUT2D eigenvalue weighted by Crippen LogP contribution is 2.29. The number of amides is 2. The first-order chi connectivity index (χ1) is 10.9. The second-order valence-corrected chi connectivity index (χ2v) is 6.78. The fraction of sp³-hybridized carbons (Fsp3) is 0.786. The highest BCUT2D eigenvalue weighted by Gasteiger charge is 2.45. The van der Waals surface area contributed by atoms with Crippen LogP contribution >= 0.6 is 0 Å². The Morgan fingerprint density at radius 1 is 1.48 bits per heavy atom. The number of hydrogen-bond donors (Lipinski definition) is 2. The smallest absolute Gasteiger partial charge is 0.318 e. The number of carbonyl (C=O) groups is 1. The van der Waals surface area contributed by atoms with Gasteiger partial charge < -0.3 is 24.6 Å². The van der Waals surface area contributed by atoms with Crippen molar-refractivity contribution in [2.24, 2.45) is 0 Å². The van der Waals surface area contributed by atoms with Crippen molar-refractivity contribution < 1.29 is 14.3 Å². The SMILES string of the molecule is CN(C)c1n[nH]c(CNC(=O)N2CC(C)(C)O[C@@H]3COC[C@H]32)n1. The first-order valence-corrected chi connectivity index (χ1v) is 7.74. The van der Waals surface area contributed by atoms with E-state index in [1.165, 1.54) is 0 Å². The molecule has 3 rings (SSSR count). The van der Waals surface area contributed by atoms with E-state index < -0.39 is 0 Å². The van der Waals surface area contributed by atoms with Crippen LogP contribution in [0.4, 0.5) is 10.7 Å². The summed E-state index contributed by atoms with van der Waals surface area (Å²) in [4.78, 5) is 20.5. The summed E-state index contributed by atoms with van der Waals surface area (Å²) in [5.74, 6) is 1.21. The standard InChI is InChI=1S/C14H24N6O3/c1-14(2)8-20(9-6-22-7-10(9)23-14)13(21)15-5-11-16-12(18-17-11)19(3)4/h9-10H,5-8H2,1-4H3,(H,15,21)(H,16,17,18)/t9-,10-/m1/s1. The molecule has 2 N–H and O–H groups in total. The average molecular weight is 324 g/mol. The molecule has 2 saturated heterocycles. The van der Waals surface area contributed by atoms with Crippen LogP contribution in [0.2, 0.25) is 0 Å². The molecule has 9 heteroatoms.